The summed E-state index contributed by atoms with van der Waals surface area (Å²) in [4.78, 5) is 16.5. The molecule has 98 valence electrons. The summed E-state index contributed by atoms with van der Waals surface area (Å²) in [6, 6.07) is 0. The van der Waals surface area contributed by atoms with Crippen molar-refractivity contribution >= 4 is 17.7 Å². The first-order chi connectivity index (χ1) is 8.03. The molecule has 0 saturated carbocycles. The fourth-order valence-corrected chi connectivity index (χ4v) is 4.56. The Labute approximate surface area is 109 Å². The number of thioether (sulfide) groups is 1. The molecule has 0 aliphatic carbocycles. The van der Waals surface area contributed by atoms with Crippen LogP contribution >= 0.6 is 11.8 Å². The first kappa shape index (κ1) is 13.2. The molecular weight excluding hydrogens is 232 g/mol. The van der Waals surface area contributed by atoms with Crippen molar-refractivity contribution in [3.05, 3.63) is 0 Å². The molecule has 0 aromatic carbocycles. The van der Waals surface area contributed by atoms with E-state index in [9.17, 15) is 4.79 Å². The van der Waals surface area contributed by atoms with Crippen LogP contribution in [0.5, 0.6) is 0 Å². The number of rotatable bonds is 2. The van der Waals surface area contributed by atoms with Crippen LogP contribution in [0.15, 0.2) is 0 Å². The summed E-state index contributed by atoms with van der Waals surface area (Å²) < 4.78 is 0. The molecule has 3 nitrogen and oxygen atoms in total. The normalized spacial score (nSPS) is 30.5. The van der Waals surface area contributed by atoms with Gasteiger partial charge in [0, 0.05) is 38.9 Å². The van der Waals surface area contributed by atoms with Crippen molar-refractivity contribution in [3.63, 3.8) is 0 Å². The van der Waals surface area contributed by atoms with Gasteiger partial charge in [-0.15, -0.1) is 11.8 Å². The Balaban J connectivity index is 2.08. The lowest BCUT2D eigenvalue weighted by molar-refractivity contribution is -0.131. The van der Waals surface area contributed by atoms with Crippen LogP contribution in [0.1, 0.15) is 33.6 Å². The maximum Gasteiger partial charge on any atom is 0.219 e. The number of nitrogens with zero attached hydrogens (tertiary/aromatic N) is 2. The van der Waals surface area contributed by atoms with E-state index in [1.165, 1.54) is 25.3 Å². The van der Waals surface area contributed by atoms with Crippen LogP contribution in [0.3, 0.4) is 0 Å². The van der Waals surface area contributed by atoms with Gasteiger partial charge in [0.1, 0.15) is 0 Å². The highest BCUT2D eigenvalue weighted by atomic mass is 32.2. The third kappa shape index (κ3) is 2.79. The number of carbonyl (C=O) groups is 1. The fraction of sp³-hybridized carbons (Fsp3) is 0.923. The second-order valence-electron chi connectivity index (χ2n) is 5.68. The van der Waals surface area contributed by atoms with Gasteiger partial charge in [0.25, 0.3) is 0 Å². The van der Waals surface area contributed by atoms with Crippen molar-refractivity contribution in [1.29, 1.82) is 0 Å². The lowest BCUT2D eigenvalue weighted by atomic mass is 10.0. The van der Waals surface area contributed by atoms with Crippen LogP contribution in [-0.4, -0.2) is 52.5 Å². The van der Waals surface area contributed by atoms with E-state index in [1.807, 2.05) is 4.90 Å². The van der Waals surface area contributed by atoms with Gasteiger partial charge in [-0.3, -0.25) is 9.69 Å². The van der Waals surface area contributed by atoms with E-state index in [0.29, 0.717) is 5.92 Å². The molecule has 1 amide bonds. The van der Waals surface area contributed by atoms with Crippen LogP contribution in [0.2, 0.25) is 0 Å². The van der Waals surface area contributed by atoms with Gasteiger partial charge in [0.05, 0.1) is 4.87 Å². The van der Waals surface area contributed by atoms with Gasteiger partial charge in [-0.05, 0) is 18.8 Å². The summed E-state index contributed by atoms with van der Waals surface area (Å²) in [6.45, 7) is 10.5. The second-order valence-corrected chi connectivity index (χ2v) is 7.14. The third-order valence-electron chi connectivity index (χ3n) is 3.77. The zero-order valence-corrected chi connectivity index (χ0v) is 12.1. The maximum absolute atomic E-state index is 11.6. The Morgan fingerprint density at radius 2 is 2.18 bits per heavy atom. The molecule has 17 heavy (non-hydrogen) atoms. The SMILES string of the molecule is CC(=O)N1CCCC2(C1)SCCN2CC(C)C. The van der Waals surface area contributed by atoms with E-state index in [2.05, 4.69) is 30.5 Å². The van der Waals surface area contributed by atoms with Crippen molar-refractivity contribution in [1.82, 2.24) is 9.80 Å². The minimum absolute atomic E-state index is 0.230. The highest BCUT2D eigenvalue weighted by Gasteiger charge is 2.45. The first-order valence-corrected chi connectivity index (χ1v) is 7.66. The Bertz CT molecular complexity index is 295. The van der Waals surface area contributed by atoms with E-state index in [-0.39, 0.29) is 10.8 Å². The molecule has 0 bridgehead atoms. The Morgan fingerprint density at radius 1 is 1.41 bits per heavy atom. The van der Waals surface area contributed by atoms with Crippen LogP contribution in [0.25, 0.3) is 0 Å². The molecule has 2 rings (SSSR count). The molecule has 1 atom stereocenters. The molecule has 0 aromatic heterocycles. The highest BCUT2D eigenvalue weighted by Crippen LogP contribution is 2.42. The number of piperidine rings is 1. The fourth-order valence-electron chi connectivity index (χ4n) is 2.99. The molecule has 0 N–H and O–H groups in total. The molecule has 4 heteroatoms. The maximum atomic E-state index is 11.6. The van der Waals surface area contributed by atoms with Crippen LogP contribution in [0.4, 0.5) is 0 Å². The molecule has 2 aliphatic heterocycles. The second kappa shape index (κ2) is 5.19. The lowest BCUT2D eigenvalue weighted by Crippen LogP contribution is -2.55. The zero-order chi connectivity index (χ0) is 12.5. The molecule has 1 spiro atoms. The largest absolute Gasteiger partial charge is 0.340 e. The molecule has 2 fully saturated rings. The topological polar surface area (TPSA) is 23.6 Å². The van der Waals surface area contributed by atoms with Gasteiger partial charge in [-0.1, -0.05) is 13.8 Å². The first-order valence-electron chi connectivity index (χ1n) is 6.68. The smallest absolute Gasteiger partial charge is 0.219 e. The van der Waals surface area contributed by atoms with Crippen LogP contribution in [-0.2, 0) is 4.79 Å². The van der Waals surface area contributed by atoms with Gasteiger partial charge < -0.3 is 4.90 Å². The quantitative estimate of drug-likeness (QED) is 0.755. The van der Waals surface area contributed by atoms with Gasteiger partial charge in [-0.25, -0.2) is 0 Å². The number of amides is 1. The molecule has 2 saturated heterocycles. The summed E-state index contributed by atoms with van der Waals surface area (Å²) in [5.74, 6) is 2.16. The van der Waals surface area contributed by atoms with E-state index in [1.54, 1.807) is 6.92 Å². The van der Waals surface area contributed by atoms with Gasteiger partial charge >= 0.3 is 0 Å². The highest BCUT2D eigenvalue weighted by molar-refractivity contribution is 8.00. The van der Waals surface area contributed by atoms with E-state index < -0.39 is 0 Å². The molecule has 2 aliphatic rings. The molecule has 2 heterocycles. The molecule has 1 unspecified atom stereocenters. The average Bonchev–Trinajstić information content (AvgIpc) is 2.61. The zero-order valence-electron chi connectivity index (χ0n) is 11.2. The standard InChI is InChI=1S/C13H24N2OS/c1-11(2)9-15-7-8-17-13(15)5-4-6-14(10-13)12(3)16/h11H,4-10H2,1-3H3. The van der Waals surface area contributed by atoms with Crippen molar-refractivity contribution in [2.24, 2.45) is 5.92 Å². The number of likely N-dealkylation sites (tertiary alicyclic amines) is 1. The Hall–Kier alpha value is -0.220. The van der Waals surface area contributed by atoms with Crippen molar-refractivity contribution < 1.29 is 4.79 Å². The Morgan fingerprint density at radius 3 is 2.82 bits per heavy atom. The molecule has 0 aromatic rings. The summed E-state index contributed by atoms with van der Waals surface area (Å²) >= 11 is 2.07. The predicted octanol–water partition coefficient (Wildman–Crippen LogP) is 2.03. The number of hydrogen-bond acceptors (Lipinski definition) is 3. The predicted molar refractivity (Wildman–Crippen MR) is 73.1 cm³/mol. The average molecular weight is 256 g/mol. The van der Waals surface area contributed by atoms with Crippen molar-refractivity contribution in [3.8, 4) is 0 Å². The molecule has 0 radical (unpaired) electrons. The lowest BCUT2D eigenvalue weighted by Gasteiger charge is -2.45. The van der Waals surface area contributed by atoms with Gasteiger partial charge in [0.2, 0.25) is 5.91 Å². The Kier molecular flexibility index (Phi) is 4.03. The summed E-state index contributed by atoms with van der Waals surface area (Å²) in [6.07, 6.45) is 2.40. The third-order valence-corrected chi connectivity index (χ3v) is 5.29. The van der Waals surface area contributed by atoms with E-state index >= 15 is 0 Å². The van der Waals surface area contributed by atoms with Crippen molar-refractivity contribution in [2.75, 3.05) is 31.9 Å². The summed E-state index contributed by atoms with van der Waals surface area (Å²) in [7, 11) is 0. The van der Waals surface area contributed by atoms with Gasteiger partial charge in [0.15, 0.2) is 0 Å². The van der Waals surface area contributed by atoms with E-state index in [4.69, 9.17) is 0 Å². The van der Waals surface area contributed by atoms with E-state index in [0.717, 1.165) is 19.5 Å². The minimum Gasteiger partial charge on any atom is -0.340 e. The summed E-state index contributed by atoms with van der Waals surface area (Å²) in [5, 5.41) is 0. The van der Waals surface area contributed by atoms with Crippen molar-refractivity contribution in [2.45, 2.75) is 38.5 Å². The minimum atomic E-state index is 0.230. The monoisotopic (exact) mass is 256 g/mol. The van der Waals surface area contributed by atoms with Gasteiger partial charge in [-0.2, -0.15) is 0 Å². The number of hydrogen-bond donors (Lipinski definition) is 0. The van der Waals surface area contributed by atoms with Crippen LogP contribution in [0, 0.1) is 5.92 Å². The van der Waals surface area contributed by atoms with Crippen LogP contribution < -0.4 is 0 Å². The molecular formula is C13H24N2OS. The number of carbonyl (C=O) groups excluding carboxylic acids is 1. The summed E-state index contributed by atoms with van der Waals surface area (Å²) in [5.41, 5.74) is 0.